The highest BCUT2D eigenvalue weighted by molar-refractivity contribution is 7.99. The van der Waals surface area contributed by atoms with Crippen LogP contribution in [0.3, 0.4) is 0 Å². The van der Waals surface area contributed by atoms with E-state index in [0.717, 1.165) is 36.8 Å². The Morgan fingerprint density at radius 2 is 2.03 bits per heavy atom. The molecular formula is C20H30N5O3S+. The molecule has 1 heterocycles. The molecule has 0 aliphatic heterocycles. The van der Waals surface area contributed by atoms with Crippen LogP contribution in [-0.2, 0) is 6.54 Å². The van der Waals surface area contributed by atoms with Crippen molar-refractivity contribution in [2.75, 3.05) is 19.8 Å². The standard InChI is InChI=1S/C20H29N5O3S/c1-6-8-11-24-19(16(7-2)23(4)5)21-22-20(24)29-13-18(26)15-10-9-14(3)17(12-15)25(27)28/h9-10,12,16H,6-8,11,13H2,1-5H3/p+1/t16-/m1/s1. The fourth-order valence-corrected chi connectivity index (χ4v) is 4.10. The number of thioether (sulfide) groups is 1. The molecule has 2 aromatic rings. The number of nitro groups is 1. The summed E-state index contributed by atoms with van der Waals surface area (Å²) in [4.78, 5) is 24.6. The van der Waals surface area contributed by atoms with Gasteiger partial charge in [0.05, 0.1) is 24.8 Å². The van der Waals surface area contributed by atoms with Gasteiger partial charge in [-0.25, -0.2) is 0 Å². The van der Waals surface area contributed by atoms with Gasteiger partial charge < -0.3 is 9.47 Å². The van der Waals surface area contributed by atoms with Crippen molar-refractivity contribution in [3.8, 4) is 0 Å². The first-order valence-electron chi connectivity index (χ1n) is 9.94. The minimum absolute atomic E-state index is 0.0333. The fourth-order valence-electron chi connectivity index (χ4n) is 3.23. The van der Waals surface area contributed by atoms with Crippen LogP contribution in [0.5, 0.6) is 0 Å². The molecule has 0 fully saturated rings. The molecule has 0 radical (unpaired) electrons. The molecule has 0 spiro atoms. The lowest BCUT2D eigenvalue weighted by molar-refractivity contribution is -0.893. The van der Waals surface area contributed by atoms with Gasteiger partial charge in [0.1, 0.15) is 6.04 Å². The molecule has 0 bridgehead atoms. The van der Waals surface area contributed by atoms with Gasteiger partial charge >= 0.3 is 0 Å². The normalized spacial score (nSPS) is 12.3. The Bertz CT molecular complexity index is 866. The molecular weight excluding hydrogens is 390 g/mol. The minimum atomic E-state index is -0.457. The van der Waals surface area contributed by atoms with Gasteiger partial charge in [-0.3, -0.25) is 14.9 Å². The van der Waals surface area contributed by atoms with Crippen LogP contribution in [0.2, 0.25) is 0 Å². The van der Waals surface area contributed by atoms with E-state index in [2.05, 4.69) is 42.7 Å². The first-order valence-corrected chi connectivity index (χ1v) is 10.9. The van der Waals surface area contributed by atoms with Gasteiger partial charge in [0, 0.05) is 30.2 Å². The first kappa shape index (κ1) is 23.0. The molecule has 0 aliphatic carbocycles. The van der Waals surface area contributed by atoms with E-state index in [0.29, 0.717) is 11.1 Å². The van der Waals surface area contributed by atoms with E-state index in [4.69, 9.17) is 0 Å². The number of unbranched alkanes of at least 4 members (excludes halogenated alkanes) is 1. The molecule has 0 unspecified atom stereocenters. The fraction of sp³-hybridized carbons (Fsp3) is 0.550. The second-order valence-electron chi connectivity index (χ2n) is 7.35. The highest BCUT2D eigenvalue weighted by Crippen LogP contribution is 2.24. The van der Waals surface area contributed by atoms with Crippen molar-refractivity contribution in [2.45, 2.75) is 57.8 Å². The van der Waals surface area contributed by atoms with E-state index >= 15 is 0 Å². The maximum atomic E-state index is 12.6. The summed E-state index contributed by atoms with van der Waals surface area (Å²) in [5.41, 5.74) is 0.854. The number of nitro benzene ring substituents is 1. The number of aromatic nitrogens is 3. The van der Waals surface area contributed by atoms with Crippen LogP contribution >= 0.6 is 11.8 Å². The van der Waals surface area contributed by atoms with E-state index < -0.39 is 4.92 Å². The van der Waals surface area contributed by atoms with E-state index in [1.807, 2.05) is 0 Å². The molecule has 0 aliphatic rings. The number of nitrogens with zero attached hydrogens (tertiary/aromatic N) is 4. The lowest BCUT2D eigenvalue weighted by Crippen LogP contribution is -3.06. The van der Waals surface area contributed by atoms with Gasteiger partial charge in [-0.05, 0) is 13.3 Å². The van der Waals surface area contributed by atoms with Crippen molar-refractivity contribution in [1.82, 2.24) is 14.8 Å². The third kappa shape index (κ3) is 5.63. The molecule has 158 valence electrons. The number of Topliss-reactive ketones (excluding diaryl/α,β-unsaturated/α-hetero) is 1. The lowest BCUT2D eigenvalue weighted by atomic mass is 10.1. The summed E-state index contributed by atoms with van der Waals surface area (Å²) < 4.78 is 2.13. The van der Waals surface area contributed by atoms with E-state index in [1.54, 1.807) is 19.1 Å². The van der Waals surface area contributed by atoms with Gasteiger partial charge in [-0.1, -0.05) is 44.2 Å². The molecule has 29 heavy (non-hydrogen) atoms. The Morgan fingerprint density at radius 1 is 1.31 bits per heavy atom. The van der Waals surface area contributed by atoms with Crippen molar-refractivity contribution in [3.63, 3.8) is 0 Å². The maximum Gasteiger partial charge on any atom is 0.273 e. The molecule has 1 atom stereocenters. The summed E-state index contributed by atoms with van der Waals surface area (Å²) in [5.74, 6) is 0.952. The average Bonchev–Trinajstić information content (AvgIpc) is 3.07. The van der Waals surface area contributed by atoms with Crippen molar-refractivity contribution >= 4 is 23.2 Å². The van der Waals surface area contributed by atoms with Gasteiger partial charge in [0.25, 0.3) is 5.69 Å². The third-order valence-corrected chi connectivity index (χ3v) is 5.92. The largest absolute Gasteiger partial charge is 0.331 e. The van der Waals surface area contributed by atoms with Crippen molar-refractivity contribution < 1.29 is 14.6 Å². The highest BCUT2D eigenvalue weighted by Gasteiger charge is 2.25. The van der Waals surface area contributed by atoms with Crippen LogP contribution in [-0.4, -0.2) is 45.3 Å². The van der Waals surface area contributed by atoms with Crippen LogP contribution < -0.4 is 4.90 Å². The Balaban J connectivity index is 2.21. The van der Waals surface area contributed by atoms with Crippen molar-refractivity contribution in [2.24, 2.45) is 0 Å². The molecule has 1 N–H and O–H groups in total. The number of ketones is 1. The first-order chi connectivity index (χ1) is 13.8. The summed E-state index contributed by atoms with van der Waals surface area (Å²) in [7, 11) is 4.21. The number of rotatable bonds is 11. The summed E-state index contributed by atoms with van der Waals surface area (Å²) >= 11 is 1.34. The molecule has 1 aromatic heterocycles. The Labute approximate surface area is 175 Å². The maximum absolute atomic E-state index is 12.6. The van der Waals surface area contributed by atoms with Crippen LogP contribution in [0, 0.1) is 17.0 Å². The van der Waals surface area contributed by atoms with Crippen LogP contribution in [0.4, 0.5) is 5.69 Å². The predicted octanol–water partition coefficient (Wildman–Crippen LogP) is 2.87. The highest BCUT2D eigenvalue weighted by atomic mass is 32.2. The number of aryl methyl sites for hydroxylation is 1. The summed E-state index contributed by atoms with van der Waals surface area (Å²) in [6, 6.07) is 4.85. The Kier molecular flexibility index (Phi) is 8.33. The zero-order chi connectivity index (χ0) is 21.6. The topological polar surface area (TPSA) is 95.4 Å². The number of carbonyl (C=O) groups excluding carboxylic acids is 1. The summed E-state index contributed by atoms with van der Waals surface area (Å²) in [6.07, 6.45) is 3.01. The Morgan fingerprint density at radius 3 is 2.62 bits per heavy atom. The van der Waals surface area contributed by atoms with E-state index in [9.17, 15) is 14.9 Å². The number of nitrogens with one attached hydrogen (secondary N) is 1. The SMILES string of the molecule is CCCCn1c(SCC(=O)c2ccc(C)c([N+](=O)[O-])c2)nnc1[C@@H](CC)[NH+](C)C. The molecule has 0 saturated carbocycles. The van der Waals surface area contributed by atoms with Gasteiger partial charge in [0.2, 0.25) is 0 Å². The molecule has 0 saturated heterocycles. The Hall–Kier alpha value is -2.26. The smallest absolute Gasteiger partial charge is 0.273 e. The summed E-state index contributed by atoms with van der Waals surface area (Å²) in [5, 5.41) is 20.6. The molecule has 9 heteroatoms. The predicted molar refractivity (Wildman–Crippen MR) is 114 cm³/mol. The number of hydrogen-bond acceptors (Lipinski definition) is 6. The average molecular weight is 421 g/mol. The molecule has 8 nitrogen and oxygen atoms in total. The zero-order valence-corrected chi connectivity index (χ0v) is 18.6. The molecule has 1 aromatic carbocycles. The van der Waals surface area contributed by atoms with Crippen LogP contribution in [0.1, 0.15) is 60.9 Å². The lowest BCUT2D eigenvalue weighted by Gasteiger charge is -2.20. The molecule has 0 amide bonds. The van der Waals surface area contributed by atoms with Crippen LogP contribution in [0.15, 0.2) is 23.4 Å². The monoisotopic (exact) mass is 420 g/mol. The van der Waals surface area contributed by atoms with E-state index in [1.165, 1.54) is 22.7 Å². The third-order valence-electron chi connectivity index (χ3n) is 4.96. The van der Waals surface area contributed by atoms with Crippen molar-refractivity contribution in [3.05, 3.63) is 45.3 Å². The van der Waals surface area contributed by atoms with Crippen molar-refractivity contribution in [1.29, 1.82) is 0 Å². The van der Waals surface area contributed by atoms with Gasteiger partial charge in [0.15, 0.2) is 16.8 Å². The second-order valence-corrected chi connectivity index (χ2v) is 8.30. The minimum Gasteiger partial charge on any atom is -0.331 e. The quantitative estimate of drug-likeness (QED) is 0.260. The summed E-state index contributed by atoms with van der Waals surface area (Å²) in [6.45, 7) is 6.75. The van der Waals surface area contributed by atoms with E-state index in [-0.39, 0.29) is 23.3 Å². The van der Waals surface area contributed by atoms with Gasteiger partial charge in [-0.15, -0.1) is 10.2 Å². The number of hydrogen-bond donors (Lipinski definition) is 1. The second kappa shape index (κ2) is 10.5. The van der Waals surface area contributed by atoms with Gasteiger partial charge in [-0.2, -0.15) is 0 Å². The number of benzene rings is 1. The number of carbonyl (C=O) groups is 1. The molecule has 2 rings (SSSR count). The zero-order valence-electron chi connectivity index (χ0n) is 17.8. The van der Waals surface area contributed by atoms with Crippen LogP contribution in [0.25, 0.3) is 0 Å². The number of quaternary nitrogens is 1.